The van der Waals surface area contributed by atoms with Crippen molar-refractivity contribution in [3.05, 3.63) is 0 Å². The predicted molar refractivity (Wildman–Crippen MR) is 111 cm³/mol. The van der Waals surface area contributed by atoms with Crippen LogP contribution in [0.2, 0.25) is 0 Å². The molecule has 0 saturated carbocycles. The van der Waals surface area contributed by atoms with Gasteiger partial charge < -0.3 is 39.8 Å². The Labute approximate surface area is 172 Å². The van der Waals surface area contributed by atoms with E-state index in [4.69, 9.17) is 39.8 Å². The van der Waals surface area contributed by atoms with Gasteiger partial charge in [-0.2, -0.15) is 0 Å². The smallest absolute Gasteiger partial charge is 0.367 e. The zero-order chi connectivity index (χ0) is 21.7. The minimum atomic E-state index is -3.11. The lowest BCUT2D eigenvalue weighted by Gasteiger charge is -2.18. The molecule has 0 aliphatic rings. The van der Waals surface area contributed by atoms with Crippen molar-refractivity contribution in [1.29, 1.82) is 0 Å². The van der Waals surface area contributed by atoms with Gasteiger partial charge in [0.05, 0.1) is 0 Å². The molecule has 0 rings (SSSR count). The van der Waals surface area contributed by atoms with Crippen LogP contribution in [0, 0.1) is 33.3 Å². The second-order valence-electron chi connectivity index (χ2n) is 4.75. The first kappa shape index (κ1) is 27.2. The van der Waals surface area contributed by atoms with Crippen molar-refractivity contribution in [2.45, 2.75) is 0 Å². The molecule has 0 amide bonds. The SMILES string of the molecule is CO[Si](C#C[SiH](C#C[Si](OC)(OC)OC)C#C[Si](OC)(OC)OC)(OC)OC. The highest BCUT2D eigenvalue weighted by Crippen LogP contribution is 2.06. The van der Waals surface area contributed by atoms with E-state index in [0.717, 1.165) is 0 Å². The molecule has 28 heavy (non-hydrogen) atoms. The molecule has 0 aliphatic carbocycles. The van der Waals surface area contributed by atoms with Crippen LogP contribution >= 0.6 is 0 Å². The summed E-state index contributed by atoms with van der Waals surface area (Å²) in [7, 11) is 1.57. The van der Waals surface area contributed by atoms with Gasteiger partial charge in [-0.25, -0.2) is 0 Å². The van der Waals surface area contributed by atoms with Crippen LogP contribution < -0.4 is 0 Å². The molecule has 0 unspecified atom stereocenters. The highest BCUT2D eigenvalue weighted by Gasteiger charge is 2.39. The second-order valence-corrected chi connectivity index (χ2v) is 14.2. The van der Waals surface area contributed by atoms with E-state index in [-0.39, 0.29) is 0 Å². The van der Waals surface area contributed by atoms with Gasteiger partial charge in [0.25, 0.3) is 8.80 Å². The van der Waals surface area contributed by atoms with E-state index in [1.165, 1.54) is 64.0 Å². The van der Waals surface area contributed by atoms with Crippen LogP contribution in [-0.4, -0.2) is 99.2 Å². The molecule has 0 aromatic heterocycles. The van der Waals surface area contributed by atoms with E-state index in [1.54, 1.807) is 0 Å². The third kappa shape index (κ3) is 7.55. The summed E-state index contributed by atoms with van der Waals surface area (Å²) >= 11 is 0. The molecule has 0 atom stereocenters. The van der Waals surface area contributed by atoms with Gasteiger partial charge in [0.2, 0.25) is 0 Å². The van der Waals surface area contributed by atoms with Gasteiger partial charge in [0, 0.05) is 64.0 Å². The van der Waals surface area contributed by atoms with E-state index in [9.17, 15) is 0 Å². The van der Waals surface area contributed by atoms with Crippen molar-refractivity contribution in [3.63, 3.8) is 0 Å². The summed E-state index contributed by atoms with van der Waals surface area (Å²) in [5.41, 5.74) is 17.9. The van der Waals surface area contributed by atoms with Gasteiger partial charge in [-0.05, 0) is 16.6 Å². The van der Waals surface area contributed by atoms with Crippen molar-refractivity contribution in [2.24, 2.45) is 0 Å². The molecule has 0 saturated heterocycles. The minimum absolute atomic E-state index is 1.47. The topological polar surface area (TPSA) is 83.1 Å². The molecule has 0 aromatic carbocycles. The highest BCUT2D eigenvalue weighted by atomic mass is 28.4. The average Bonchev–Trinajstić information content (AvgIpc) is 2.76. The van der Waals surface area contributed by atoms with Crippen LogP contribution in [0.25, 0.3) is 0 Å². The maximum Gasteiger partial charge on any atom is 0.590 e. The molecule has 0 aliphatic heterocycles. The summed E-state index contributed by atoms with van der Waals surface area (Å²) in [5, 5.41) is 0. The summed E-state index contributed by atoms with van der Waals surface area (Å²) in [6.07, 6.45) is 0. The van der Waals surface area contributed by atoms with E-state index in [2.05, 4.69) is 33.3 Å². The lowest BCUT2D eigenvalue weighted by Crippen LogP contribution is -2.43. The Morgan fingerprint density at radius 3 is 0.714 bits per heavy atom. The standard InChI is InChI=1S/C15H28O9Si4/c1-16-26(17-2,18-3)13-10-25(11-14-27(19-4,20-5)21-6)12-15-28(22-7,23-8)24-9/h25H,1-9H3. The van der Waals surface area contributed by atoms with Gasteiger partial charge in [0.1, 0.15) is 0 Å². The van der Waals surface area contributed by atoms with Crippen molar-refractivity contribution >= 4 is 35.2 Å². The van der Waals surface area contributed by atoms with Crippen LogP contribution in [0.15, 0.2) is 0 Å². The van der Waals surface area contributed by atoms with Crippen molar-refractivity contribution < 1.29 is 39.8 Å². The van der Waals surface area contributed by atoms with Crippen molar-refractivity contribution in [3.8, 4) is 33.3 Å². The Bertz CT molecular complexity index is 528. The van der Waals surface area contributed by atoms with E-state index in [0.29, 0.717) is 0 Å². The summed E-state index contributed by atoms with van der Waals surface area (Å²) in [6, 6.07) is 0. The van der Waals surface area contributed by atoms with Gasteiger partial charge in [-0.1, -0.05) is 0 Å². The van der Waals surface area contributed by atoms with Gasteiger partial charge in [-0.15, -0.1) is 16.6 Å². The molecule has 0 radical (unpaired) electrons. The van der Waals surface area contributed by atoms with Crippen LogP contribution in [0.4, 0.5) is 0 Å². The fourth-order valence-corrected chi connectivity index (χ4v) is 8.29. The van der Waals surface area contributed by atoms with Gasteiger partial charge >= 0.3 is 26.4 Å². The first-order valence-corrected chi connectivity index (χ1v) is 14.8. The largest absolute Gasteiger partial charge is 0.590 e. The number of hydrogen-bond acceptors (Lipinski definition) is 9. The molecule has 13 heteroatoms. The van der Waals surface area contributed by atoms with E-state index >= 15 is 0 Å². The fourth-order valence-electron chi connectivity index (χ4n) is 1.80. The van der Waals surface area contributed by atoms with E-state index in [1.807, 2.05) is 0 Å². The van der Waals surface area contributed by atoms with Gasteiger partial charge in [0.15, 0.2) is 0 Å². The Balaban J connectivity index is 6.19. The second kappa shape index (κ2) is 13.4. The summed E-state index contributed by atoms with van der Waals surface area (Å²) in [6.45, 7) is 0. The zero-order valence-electron chi connectivity index (χ0n) is 17.8. The lowest BCUT2D eigenvalue weighted by atomic mass is 11.3. The normalized spacial score (nSPS) is 11.8. The lowest BCUT2D eigenvalue weighted by molar-refractivity contribution is 0.141. The Kier molecular flexibility index (Phi) is 13.0. The molecule has 9 nitrogen and oxygen atoms in total. The predicted octanol–water partition coefficient (Wildman–Crippen LogP) is -0.907. The van der Waals surface area contributed by atoms with Crippen LogP contribution in [0.1, 0.15) is 0 Å². The molecule has 0 bridgehead atoms. The third-order valence-corrected chi connectivity index (χ3v) is 11.9. The monoisotopic (exact) mass is 464 g/mol. The number of rotatable bonds is 9. The van der Waals surface area contributed by atoms with Crippen molar-refractivity contribution in [1.82, 2.24) is 0 Å². The fraction of sp³-hybridized carbons (Fsp3) is 0.600. The summed E-state index contributed by atoms with van der Waals surface area (Å²) < 4.78 is 47.9. The molecule has 158 valence electrons. The van der Waals surface area contributed by atoms with Crippen LogP contribution in [0.3, 0.4) is 0 Å². The zero-order valence-corrected chi connectivity index (χ0v) is 21.9. The quantitative estimate of drug-likeness (QED) is 0.318. The Morgan fingerprint density at radius 2 is 0.571 bits per heavy atom. The first-order chi connectivity index (χ1) is 13.3. The summed E-state index contributed by atoms with van der Waals surface area (Å²) in [4.78, 5) is 0. The van der Waals surface area contributed by atoms with Gasteiger partial charge in [-0.3, -0.25) is 0 Å². The molecule has 0 heterocycles. The third-order valence-electron chi connectivity index (χ3n) is 3.53. The maximum absolute atomic E-state index is 5.32. The highest BCUT2D eigenvalue weighted by molar-refractivity contribution is 6.87. The van der Waals surface area contributed by atoms with Crippen LogP contribution in [-0.2, 0) is 39.8 Å². The Hall–Kier alpha value is -0.812. The molecule has 0 spiro atoms. The molecular formula is C15H28O9Si4. The molecule has 0 aromatic rings. The number of hydrogen-bond donors (Lipinski definition) is 0. The minimum Gasteiger partial charge on any atom is -0.367 e. The first-order valence-electron chi connectivity index (χ1n) is 7.88. The Morgan fingerprint density at radius 1 is 0.393 bits per heavy atom. The maximum atomic E-state index is 5.32. The summed E-state index contributed by atoms with van der Waals surface area (Å²) in [5.74, 6) is 0. The van der Waals surface area contributed by atoms with E-state index < -0.39 is 35.2 Å². The average molecular weight is 465 g/mol. The molecular weight excluding hydrogens is 437 g/mol. The van der Waals surface area contributed by atoms with Crippen LogP contribution in [0.5, 0.6) is 0 Å². The molecule has 0 N–H and O–H groups in total. The molecule has 0 fully saturated rings. The van der Waals surface area contributed by atoms with Crippen molar-refractivity contribution in [2.75, 3.05) is 64.0 Å².